The molecule has 0 aliphatic heterocycles. The molecule has 1 heterocycles. The molecule has 1 aliphatic rings. The Morgan fingerprint density at radius 1 is 1.45 bits per heavy atom. The highest BCUT2D eigenvalue weighted by atomic mass is 79.9. The lowest BCUT2D eigenvalue weighted by molar-refractivity contribution is 0.0588. The lowest BCUT2D eigenvalue weighted by Gasteiger charge is -2.25. The fourth-order valence-corrected chi connectivity index (χ4v) is 2.55. The topological polar surface area (TPSA) is 42.4 Å². The van der Waals surface area contributed by atoms with Gasteiger partial charge >= 0.3 is 6.09 Å². The summed E-state index contributed by atoms with van der Waals surface area (Å²) in [6, 6.07) is 1.95. The zero-order chi connectivity index (χ0) is 14.9. The van der Waals surface area contributed by atoms with Crippen LogP contribution in [0, 0.1) is 0 Å². The molecule has 0 saturated carbocycles. The number of rotatable bonds is 1. The second-order valence-corrected chi connectivity index (χ2v) is 6.58. The predicted molar refractivity (Wildman–Crippen MR) is 83.9 cm³/mol. The summed E-state index contributed by atoms with van der Waals surface area (Å²) in [6.45, 7) is 5.54. The van der Waals surface area contributed by atoms with Gasteiger partial charge in [0.2, 0.25) is 0 Å². The van der Waals surface area contributed by atoms with E-state index < -0.39 is 11.7 Å². The highest BCUT2D eigenvalue weighted by Gasteiger charge is 2.22. The molecule has 2 rings (SSSR count). The minimum absolute atomic E-state index is 0.400. The van der Waals surface area contributed by atoms with Crippen LogP contribution >= 0.6 is 15.9 Å². The maximum atomic E-state index is 12.1. The molecule has 0 radical (unpaired) electrons. The van der Waals surface area contributed by atoms with E-state index in [1.54, 1.807) is 7.05 Å². The highest BCUT2D eigenvalue weighted by molar-refractivity contribution is 9.10. The van der Waals surface area contributed by atoms with Gasteiger partial charge in [0.15, 0.2) is 0 Å². The van der Waals surface area contributed by atoms with Crippen molar-refractivity contribution >= 4 is 33.9 Å². The van der Waals surface area contributed by atoms with E-state index in [9.17, 15) is 4.79 Å². The molecule has 0 saturated heterocycles. The zero-order valence-electron chi connectivity index (χ0n) is 12.2. The first-order valence-corrected chi connectivity index (χ1v) is 7.40. The van der Waals surface area contributed by atoms with Gasteiger partial charge in [0.1, 0.15) is 16.0 Å². The predicted octanol–water partition coefficient (Wildman–Crippen LogP) is 4.17. The van der Waals surface area contributed by atoms with Crippen molar-refractivity contribution in [1.82, 2.24) is 4.98 Å². The van der Waals surface area contributed by atoms with Gasteiger partial charge in [-0.15, -0.1) is 0 Å². The first kappa shape index (κ1) is 15.0. The summed E-state index contributed by atoms with van der Waals surface area (Å²) in [5.74, 6) is 0.597. The number of fused-ring (bicyclic) bond motifs is 1. The summed E-state index contributed by atoms with van der Waals surface area (Å²) in [5, 5.41) is 0. The average Bonchev–Trinajstić information content (AvgIpc) is 2.35. The number of halogens is 1. The number of amides is 1. The molecule has 5 heteroatoms. The second kappa shape index (κ2) is 5.56. The maximum Gasteiger partial charge on any atom is 0.415 e. The number of hydrogen-bond acceptors (Lipinski definition) is 3. The lowest BCUT2D eigenvalue weighted by Crippen LogP contribution is -2.34. The van der Waals surface area contributed by atoms with E-state index in [0.717, 1.165) is 23.0 Å². The van der Waals surface area contributed by atoms with Crippen LogP contribution in [0.25, 0.3) is 6.08 Å². The Morgan fingerprint density at radius 2 is 2.15 bits per heavy atom. The smallest absolute Gasteiger partial charge is 0.415 e. The second-order valence-electron chi connectivity index (χ2n) is 5.82. The normalized spacial score (nSPS) is 13.8. The molecule has 0 unspecified atom stereocenters. The van der Waals surface area contributed by atoms with Crippen molar-refractivity contribution in [3.8, 4) is 0 Å². The zero-order valence-corrected chi connectivity index (χ0v) is 13.8. The van der Waals surface area contributed by atoms with E-state index in [0.29, 0.717) is 5.82 Å². The van der Waals surface area contributed by atoms with Crippen LogP contribution in [0.1, 0.15) is 38.3 Å². The molecule has 0 atom stereocenters. The van der Waals surface area contributed by atoms with E-state index >= 15 is 0 Å². The number of aryl methyl sites for hydroxylation is 1. The molecule has 0 N–H and O–H groups in total. The van der Waals surface area contributed by atoms with Crippen LogP contribution in [0.15, 0.2) is 16.7 Å². The Labute approximate surface area is 128 Å². The van der Waals surface area contributed by atoms with Crippen LogP contribution in [0.4, 0.5) is 10.6 Å². The van der Waals surface area contributed by atoms with Crippen LogP contribution in [0.2, 0.25) is 0 Å². The number of aromatic nitrogens is 1. The molecule has 1 aromatic rings. The fraction of sp³-hybridized carbons (Fsp3) is 0.467. The number of carbonyl (C=O) groups is 1. The lowest BCUT2D eigenvalue weighted by atomic mass is 9.99. The summed E-state index contributed by atoms with van der Waals surface area (Å²) in [6.07, 6.45) is 5.77. The van der Waals surface area contributed by atoms with Crippen LogP contribution < -0.4 is 4.90 Å². The number of ether oxygens (including phenoxy) is 1. The fourth-order valence-electron chi connectivity index (χ4n) is 1.98. The Morgan fingerprint density at radius 3 is 2.80 bits per heavy atom. The third kappa shape index (κ3) is 3.39. The molecular weight excluding hydrogens is 320 g/mol. The minimum Gasteiger partial charge on any atom is -0.443 e. The number of nitrogens with zero attached hydrogens (tertiary/aromatic N) is 2. The van der Waals surface area contributed by atoms with Crippen molar-refractivity contribution in [1.29, 1.82) is 0 Å². The van der Waals surface area contributed by atoms with Gasteiger partial charge < -0.3 is 4.74 Å². The van der Waals surface area contributed by atoms with E-state index in [2.05, 4.69) is 33.1 Å². The Kier molecular flexibility index (Phi) is 4.18. The summed E-state index contributed by atoms with van der Waals surface area (Å²) in [4.78, 5) is 17.9. The molecule has 0 bridgehead atoms. The van der Waals surface area contributed by atoms with Crippen molar-refractivity contribution in [2.24, 2.45) is 0 Å². The number of allylic oxidation sites excluding steroid dienone is 1. The first-order valence-electron chi connectivity index (χ1n) is 6.60. The number of carbonyl (C=O) groups excluding carboxylic acids is 1. The third-order valence-corrected chi connectivity index (χ3v) is 3.56. The Hall–Kier alpha value is -1.36. The number of hydrogen-bond donors (Lipinski definition) is 0. The van der Waals surface area contributed by atoms with Crippen molar-refractivity contribution in [3.05, 3.63) is 27.9 Å². The van der Waals surface area contributed by atoms with Gasteiger partial charge in [0.25, 0.3) is 0 Å². The minimum atomic E-state index is -0.514. The Balaban J connectivity index is 2.27. The number of anilines is 1. The molecule has 0 fully saturated rings. The van der Waals surface area contributed by atoms with Crippen molar-refractivity contribution in [2.75, 3.05) is 11.9 Å². The van der Waals surface area contributed by atoms with Gasteiger partial charge in [0, 0.05) is 12.6 Å². The standard InChI is InChI=1S/C15H19BrN2O2/c1-15(2,3)20-14(19)18(4)12-9-10-7-5-6-8-11(10)13(16)17-12/h6,8-9H,5,7H2,1-4H3. The van der Waals surface area contributed by atoms with Crippen LogP contribution in [0.3, 0.4) is 0 Å². The van der Waals surface area contributed by atoms with Crippen molar-refractivity contribution in [3.63, 3.8) is 0 Å². The highest BCUT2D eigenvalue weighted by Crippen LogP contribution is 2.29. The molecule has 0 aromatic carbocycles. The molecule has 20 heavy (non-hydrogen) atoms. The van der Waals surface area contributed by atoms with Gasteiger partial charge in [-0.05, 0) is 61.2 Å². The van der Waals surface area contributed by atoms with Crippen LogP contribution in [-0.2, 0) is 11.2 Å². The van der Waals surface area contributed by atoms with Crippen molar-refractivity contribution in [2.45, 2.75) is 39.2 Å². The van der Waals surface area contributed by atoms with E-state index in [4.69, 9.17) is 4.74 Å². The van der Waals surface area contributed by atoms with E-state index in [1.165, 1.54) is 10.5 Å². The molecule has 108 valence electrons. The van der Waals surface area contributed by atoms with Gasteiger partial charge in [0.05, 0.1) is 0 Å². The van der Waals surface area contributed by atoms with Gasteiger partial charge in [-0.25, -0.2) is 9.78 Å². The summed E-state index contributed by atoms with van der Waals surface area (Å²) < 4.78 is 6.12. The first-order chi connectivity index (χ1) is 9.28. The summed E-state index contributed by atoms with van der Waals surface area (Å²) in [5.41, 5.74) is 1.77. The molecular formula is C15H19BrN2O2. The molecule has 1 aromatic heterocycles. The molecule has 1 amide bonds. The maximum absolute atomic E-state index is 12.1. The van der Waals surface area contributed by atoms with Gasteiger partial charge in [-0.3, -0.25) is 4.90 Å². The largest absolute Gasteiger partial charge is 0.443 e. The van der Waals surface area contributed by atoms with Gasteiger partial charge in [-0.2, -0.15) is 0 Å². The van der Waals surface area contributed by atoms with E-state index in [-0.39, 0.29) is 0 Å². The quantitative estimate of drug-likeness (QED) is 0.721. The average molecular weight is 339 g/mol. The SMILES string of the molecule is CN(C(=O)OC(C)(C)C)c1cc2c(c(Br)n1)C=CCC2. The third-order valence-electron chi connectivity index (χ3n) is 2.96. The number of pyridine rings is 1. The Bertz CT molecular complexity index is 562. The van der Waals surface area contributed by atoms with Crippen LogP contribution in [0.5, 0.6) is 0 Å². The van der Waals surface area contributed by atoms with Gasteiger partial charge in [-0.1, -0.05) is 12.2 Å². The van der Waals surface area contributed by atoms with Crippen LogP contribution in [-0.4, -0.2) is 23.7 Å². The molecule has 1 aliphatic carbocycles. The van der Waals surface area contributed by atoms with Crippen molar-refractivity contribution < 1.29 is 9.53 Å². The summed E-state index contributed by atoms with van der Waals surface area (Å²) >= 11 is 3.47. The van der Waals surface area contributed by atoms with E-state index in [1.807, 2.05) is 26.8 Å². The molecule has 4 nitrogen and oxygen atoms in total. The summed E-state index contributed by atoms with van der Waals surface area (Å²) in [7, 11) is 1.67. The molecule has 0 spiro atoms. The monoisotopic (exact) mass is 338 g/mol.